The van der Waals surface area contributed by atoms with Crippen LogP contribution < -0.4 is 55.7 Å². The maximum Gasteiger partial charge on any atom is 0.408 e. The first-order valence-corrected chi connectivity index (χ1v) is 24.5. The molecule has 6 amide bonds. The molecule has 9 rings (SSSR count). The third-order valence-corrected chi connectivity index (χ3v) is 13.4. The highest BCUT2D eigenvalue weighted by Gasteiger charge is 2.53. The number of hydrogen-bond acceptors (Lipinski definition) is 17. The van der Waals surface area contributed by atoms with Crippen LogP contribution in [0.2, 0.25) is 0 Å². The highest BCUT2D eigenvalue weighted by molar-refractivity contribution is 6.06. The Balaban J connectivity index is 0.918. The number of carbonyl (C=O) groups excluding carboxylic acids is 4. The molecule has 0 spiro atoms. The van der Waals surface area contributed by atoms with Gasteiger partial charge in [-0.25, -0.2) is 29.5 Å². The van der Waals surface area contributed by atoms with Crippen molar-refractivity contribution in [1.82, 2.24) is 35.9 Å². The highest BCUT2D eigenvalue weighted by atomic mass is 19.4. The number of nitrogens with zero attached hydrogens (tertiary/aromatic N) is 8. The van der Waals surface area contributed by atoms with E-state index in [9.17, 15) is 55.7 Å². The second-order valence-corrected chi connectivity index (χ2v) is 19.4. The molecule has 0 saturated carbocycles. The standard InChI is InChI=1S/C48H55F6N13O10/c1-26(47(49,50)51)58-41(70)32-5-7-35-40(60-32)67(44(73)63-38-18-29(8-13-56-38)74-22-28(69)21-68)46(12-17-65(35)25-46)57-15-10-36(48(52,53)54)61-42(71)33-4-6-34-39(59-33)66(27-11-16-64(34)20-27)43(72)62-37-19-30(9-14-55-37)75-23-31-24-76-45(2,3)77-31/h4-9,13-14,18-19,26-28,31,36,57,68-69H,10-12,15-17,20-25H2,1-3H3,(H,58,70)(H,61,71)(H,55,62,72)(H,56,63,73)/t26-,27+,28-,31+,36-,46+/m1/s1. The van der Waals surface area contributed by atoms with Gasteiger partial charge in [-0.2, -0.15) is 26.3 Å². The number of alkyl halides is 6. The van der Waals surface area contributed by atoms with Gasteiger partial charge in [-0.15, -0.1) is 0 Å². The van der Waals surface area contributed by atoms with Crippen LogP contribution in [-0.2, 0) is 9.47 Å². The van der Waals surface area contributed by atoms with E-state index in [1.54, 1.807) is 24.8 Å². The Morgan fingerprint density at radius 3 is 2.10 bits per heavy atom. The number of anilines is 6. The Labute approximate surface area is 435 Å². The predicted molar refractivity (Wildman–Crippen MR) is 262 cm³/mol. The van der Waals surface area contributed by atoms with E-state index in [0.717, 1.165) is 11.8 Å². The summed E-state index contributed by atoms with van der Waals surface area (Å²) >= 11 is 0. The van der Waals surface area contributed by atoms with E-state index in [4.69, 9.17) is 18.9 Å². The summed E-state index contributed by atoms with van der Waals surface area (Å²) in [7, 11) is 0. The smallest absolute Gasteiger partial charge is 0.408 e. The van der Waals surface area contributed by atoms with E-state index in [1.165, 1.54) is 59.8 Å². The van der Waals surface area contributed by atoms with Gasteiger partial charge in [0.1, 0.15) is 77.7 Å². The molecular formula is C48H55F6N13O10. The van der Waals surface area contributed by atoms with Gasteiger partial charge in [-0.05, 0) is 76.6 Å². The number of hydrogen-bond donors (Lipinski definition) is 7. The van der Waals surface area contributed by atoms with Crippen molar-refractivity contribution in [2.75, 3.05) is 89.4 Å². The Morgan fingerprint density at radius 2 is 1.47 bits per heavy atom. The van der Waals surface area contributed by atoms with E-state index in [2.05, 4.69) is 35.9 Å². The van der Waals surface area contributed by atoms with Crippen molar-refractivity contribution in [3.8, 4) is 11.5 Å². The Bertz CT molecular complexity index is 2870. The molecule has 0 aromatic carbocycles. The minimum Gasteiger partial charge on any atom is -0.491 e. The fourth-order valence-electron chi connectivity index (χ4n) is 9.58. The normalized spacial score (nSPS) is 21.4. The van der Waals surface area contributed by atoms with Crippen LogP contribution in [0, 0.1) is 0 Å². The summed E-state index contributed by atoms with van der Waals surface area (Å²) in [5, 5.41) is 31.2. The lowest BCUT2D eigenvalue weighted by atomic mass is 10.0. The summed E-state index contributed by atoms with van der Waals surface area (Å²) in [6.07, 6.45) is -8.90. The van der Waals surface area contributed by atoms with Crippen LogP contribution in [0.1, 0.15) is 61.0 Å². The molecule has 6 atom stereocenters. The summed E-state index contributed by atoms with van der Waals surface area (Å²) in [4.78, 5) is 78.8. The third kappa shape index (κ3) is 12.1. The lowest BCUT2D eigenvalue weighted by Gasteiger charge is -2.45. The molecule has 4 aromatic heterocycles. The van der Waals surface area contributed by atoms with Gasteiger partial charge < -0.3 is 49.6 Å². The molecule has 3 saturated heterocycles. The quantitative estimate of drug-likeness (QED) is 0.0733. The van der Waals surface area contributed by atoms with Crippen molar-refractivity contribution < 1.29 is 74.7 Å². The van der Waals surface area contributed by atoms with Crippen LogP contribution in [0.4, 0.5) is 70.6 Å². The van der Waals surface area contributed by atoms with Crippen molar-refractivity contribution in [2.24, 2.45) is 0 Å². The van der Waals surface area contributed by atoms with E-state index >= 15 is 0 Å². The molecule has 0 radical (unpaired) electrons. The number of aliphatic hydroxyl groups excluding tert-OH is 2. The lowest BCUT2D eigenvalue weighted by Crippen LogP contribution is -2.66. The molecule has 5 aliphatic rings. The number of halogens is 6. The van der Waals surface area contributed by atoms with E-state index in [1.807, 2.05) is 15.5 Å². The minimum absolute atomic E-state index is 0.0366. The molecule has 0 unspecified atom stereocenters. The number of fused-ring (bicyclic) bond motifs is 8. The Kier molecular flexibility index (Phi) is 15.3. The molecule has 7 N–H and O–H groups in total. The van der Waals surface area contributed by atoms with Crippen LogP contribution in [0.15, 0.2) is 60.9 Å². The number of rotatable bonds is 17. The Hall–Kier alpha value is -7.34. The molecule has 4 bridgehead atoms. The fourth-order valence-corrected chi connectivity index (χ4v) is 9.58. The van der Waals surface area contributed by atoms with Crippen molar-refractivity contribution in [1.29, 1.82) is 0 Å². The molecule has 77 heavy (non-hydrogen) atoms. The zero-order valence-corrected chi connectivity index (χ0v) is 41.7. The topological polar surface area (TPSA) is 270 Å². The van der Waals surface area contributed by atoms with Crippen LogP contribution in [0.5, 0.6) is 11.5 Å². The van der Waals surface area contributed by atoms with Crippen LogP contribution >= 0.6 is 0 Å². The van der Waals surface area contributed by atoms with E-state index < -0.39 is 103 Å². The molecule has 4 aromatic rings. The van der Waals surface area contributed by atoms with E-state index in [-0.39, 0.29) is 73.5 Å². The molecule has 0 aliphatic carbocycles. The van der Waals surface area contributed by atoms with Gasteiger partial charge in [0.15, 0.2) is 17.4 Å². The van der Waals surface area contributed by atoms with Crippen LogP contribution in [0.25, 0.3) is 0 Å². The summed E-state index contributed by atoms with van der Waals surface area (Å²) in [5.41, 5.74) is -1.73. The van der Waals surface area contributed by atoms with Gasteiger partial charge >= 0.3 is 24.4 Å². The average molecular weight is 1090 g/mol. The van der Waals surface area contributed by atoms with Gasteiger partial charge in [-0.1, -0.05) is 0 Å². The number of amides is 6. The molecule has 3 fully saturated rings. The summed E-state index contributed by atoms with van der Waals surface area (Å²) in [6.45, 7) is 4.52. The number of ether oxygens (including phenoxy) is 4. The number of pyridine rings is 4. The summed E-state index contributed by atoms with van der Waals surface area (Å²) < 4.78 is 108. The zero-order valence-electron chi connectivity index (χ0n) is 41.7. The molecule has 23 nitrogen and oxygen atoms in total. The van der Waals surface area contributed by atoms with Crippen LogP contribution in [0.3, 0.4) is 0 Å². The number of carbonyl (C=O) groups is 4. The number of urea groups is 2. The fraction of sp³-hybridized carbons (Fsp3) is 0.500. The number of nitrogens with one attached hydrogen (secondary N) is 5. The minimum atomic E-state index is -5.03. The second-order valence-electron chi connectivity index (χ2n) is 19.4. The largest absolute Gasteiger partial charge is 0.491 e. The lowest BCUT2D eigenvalue weighted by molar-refractivity contribution is -0.154. The third-order valence-electron chi connectivity index (χ3n) is 13.4. The highest BCUT2D eigenvalue weighted by Crippen LogP contribution is 2.44. The maximum atomic E-state index is 15.0. The first-order valence-electron chi connectivity index (χ1n) is 24.5. The van der Waals surface area contributed by atoms with Crippen molar-refractivity contribution >= 4 is 58.5 Å². The maximum absolute atomic E-state index is 15.0. The van der Waals surface area contributed by atoms with Crippen molar-refractivity contribution in [2.45, 2.75) is 94.2 Å². The van der Waals surface area contributed by atoms with Gasteiger partial charge in [0.25, 0.3) is 11.8 Å². The Morgan fingerprint density at radius 1 is 0.831 bits per heavy atom. The zero-order chi connectivity index (χ0) is 55.0. The first kappa shape index (κ1) is 54.4. The van der Waals surface area contributed by atoms with E-state index in [0.29, 0.717) is 37.6 Å². The van der Waals surface area contributed by atoms with Gasteiger partial charge in [0, 0.05) is 50.6 Å². The van der Waals surface area contributed by atoms with Crippen molar-refractivity contribution in [3.63, 3.8) is 0 Å². The van der Waals surface area contributed by atoms with Crippen molar-refractivity contribution in [3.05, 3.63) is 72.3 Å². The van der Waals surface area contributed by atoms with Gasteiger partial charge in [0.2, 0.25) is 0 Å². The number of aliphatic hydroxyl groups is 2. The monoisotopic (exact) mass is 1090 g/mol. The van der Waals surface area contributed by atoms with Crippen LogP contribution in [-0.4, -0.2) is 167 Å². The first-order chi connectivity index (χ1) is 36.5. The van der Waals surface area contributed by atoms with Gasteiger partial charge in [0.05, 0.1) is 37.2 Å². The molecule has 29 heteroatoms. The van der Waals surface area contributed by atoms with Gasteiger partial charge in [-0.3, -0.25) is 35.3 Å². The predicted octanol–water partition coefficient (Wildman–Crippen LogP) is 4.14. The summed E-state index contributed by atoms with van der Waals surface area (Å²) in [5.74, 6) is -2.83. The molecular weight excluding hydrogens is 1030 g/mol. The summed E-state index contributed by atoms with van der Waals surface area (Å²) in [6, 6.07) is 4.34. The average Bonchev–Trinajstić information content (AvgIpc) is 4.15. The SMILES string of the molecule is C[C@@H](NC(=O)c1ccc2c(n1)N(C(=O)Nc1cc(OC[C@H](O)CO)ccn1)[C@@]1(NCC[C@@H](NC(=O)c3ccc4c(n3)N(C(=O)Nc3cc(OC[C@H]5COC(C)(C)O5)ccn3)[C@H]3CCN4C3)C(F)(F)F)CCN2C1)C(F)(F)F. The molecule has 9 heterocycles. The molecule has 414 valence electrons. The second kappa shape index (κ2) is 21.6. The molecule has 5 aliphatic heterocycles. The number of aromatic nitrogens is 4.